The minimum absolute atomic E-state index is 0.0506. The van der Waals surface area contributed by atoms with Gasteiger partial charge in [-0.1, -0.05) is 0 Å². The molecule has 0 radical (unpaired) electrons. The van der Waals surface area contributed by atoms with E-state index < -0.39 is 39.8 Å². The van der Waals surface area contributed by atoms with Gasteiger partial charge in [-0.3, -0.25) is 0 Å². The highest BCUT2D eigenvalue weighted by Crippen LogP contribution is 2.36. The molecule has 14 heteroatoms. The molecule has 0 amide bonds. The molecule has 2 heterocycles. The molecule has 0 spiro atoms. The Hall–Kier alpha value is -2.32. The first kappa shape index (κ1) is 25.3. The van der Waals surface area contributed by atoms with Gasteiger partial charge in [0.15, 0.2) is 5.69 Å². The zero-order valence-electron chi connectivity index (χ0n) is 17.3. The van der Waals surface area contributed by atoms with Crippen molar-refractivity contribution in [2.75, 3.05) is 25.6 Å². The topological polar surface area (TPSA) is 82.5 Å². The molecule has 184 valence electrons. The third-order valence-corrected chi connectivity index (χ3v) is 6.44. The molecule has 0 aliphatic carbocycles. The highest BCUT2D eigenvalue weighted by Gasteiger charge is 2.42. The second-order valence-corrected chi connectivity index (χ2v) is 9.42. The summed E-state index contributed by atoms with van der Waals surface area (Å²) in [5, 5.41) is 3.07. The Morgan fingerprint density at radius 1 is 1.15 bits per heavy atom. The van der Waals surface area contributed by atoms with Crippen molar-refractivity contribution in [3.05, 3.63) is 41.7 Å². The largest absolute Gasteiger partial charge is 0.493 e. The Balaban J connectivity index is 1.74. The lowest BCUT2D eigenvalue weighted by molar-refractivity contribution is -0.143. The van der Waals surface area contributed by atoms with Crippen molar-refractivity contribution < 1.29 is 44.2 Å². The number of rotatable bonds is 7. The van der Waals surface area contributed by atoms with Crippen LogP contribution >= 0.6 is 0 Å². The molecule has 1 saturated heterocycles. The smallest absolute Gasteiger partial charge is 0.435 e. The van der Waals surface area contributed by atoms with E-state index in [0.29, 0.717) is 13.0 Å². The van der Waals surface area contributed by atoms with Crippen LogP contribution in [0.4, 0.5) is 26.3 Å². The van der Waals surface area contributed by atoms with Crippen LogP contribution in [0.1, 0.15) is 24.7 Å². The van der Waals surface area contributed by atoms with Crippen molar-refractivity contribution in [3.8, 4) is 11.4 Å². The summed E-state index contributed by atoms with van der Waals surface area (Å²) in [6.45, 7) is 2.20. The Labute approximate surface area is 185 Å². The molecule has 3 rings (SSSR count). The van der Waals surface area contributed by atoms with Crippen LogP contribution in [0.2, 0.25) is 0 Å². The average Bonchev–Trinajstić information content (AvgIpc) is 3.20. The summed E-state index contributed by atoms with van der Waals surface area (Å²) in [7, 11) is -3.44. The van der Waals surface area contributed by atoms with Gasteiger partial charge in [-0.15, -0.1) is 0 Å². The summed E-state index contributed by atoms with van der Waals surface area (Å²) in [6.07, 6.45) is -9.63. The zero-order chi connectivity index (χ0) is 24.4. The molecule has 0 unspecified atom stereocenters. The van der Waals surface area contributed by atoms with Gasteiger partial charge in [0.25, 0.3) is 0 Å². The third kappa shape index (κ3) is 6.38. The highest BCUT2D eigenvalue weighted by molar-refractivity contribution is 7.89. The number of sulfonamides is 1. The van der Waals surface area contributed by atoms with E-state index in [1.54, 1.807) is 0 Å². The van der Waals surface area contributed by atoms with E-state index >= 15 is 0 Å². The maximum atomic E-state index is 13.2. The minimum Gasteiger partial charge on any atom is -0.493 e. The maximum Gasteiger partial charge on any atom is 0.435 e. The van der Waals surface area contributed by atoms with Crippen LogP contribution in [-0.4, -0.2) is 49.8 Å². The molecular formula is C19H21F6N3O4S. The number of ether oxygens (including phenoxy) is 2. The Bertz CT molecular complexity index is 1050. The lowest BCUT2D eigenvalue weighted by atomic mass is 9.98. The van der Waals surface area contributed by atoms with Crippen LogP contribution in [0.3, 0.4) is 0 Å². The Morgan fingerprint density at radius 3 is 2.39 bits per heavy atom. The molecule has 33 heavy (non-hydrogen) atoms. The molecule has 1 fully saturated rings. The summed E-state index contributed by atoms with van der Waals surface area (Å²) >= 11 is 0. The molecule has 1 aromatic heterocycles. The molecule has 0 bridgehead atoms. The molecule has 0 saturated carbocycles. The first-order chi connectivity index (χ1) is 15.3. The molecule has 2 atom stereocenters. The molecule has 1 aromatic carbocycles. The monoisotopic (exact) mass is 501 g/mol. The van der Waals surface area contributed by atoms with E-state index in [4.69, 9.17) is 9.47 Å². The van der Waals surface area contributed by atoms with E-state index in [0.717, 1.165) is 12.1 Å². The van der Waals surface area contributed by atoms with E-state index in [2.05, 4.69) is 9.82 Å². The summed E-state index contributed by atoms with van der Waals surface area (Å²) in [5.74, 6) is -0.154. The number of halogens is 6. The lowest BCUT2D eigenvalue weighted by Crippen LogP contribution is -2.47. The van der Waals surface area contributed by atoms with Crippen LogP contribution < -0.4 is 9.46 Å². The number of hydrogen-bond acceptors (Lipinski definition) is 5. The standard InChI is InChI=1S/C19H21F6N3O4S/c1-2-33(29,30)27-15-7-8-31-10-12(15)11-32-14-5-3-13(4-6-14)28-17(19(23,24)25)9-16(26-28)18(20,21)22/h3-6,9,12,15,27H,2,7-8,10-11H2,1H3/t12-,15+/m1/s1. The van der Waals surface area contributed by atoms with Crippen molar-refractivity contribution in [2.45, 2.75) is 31.7 Å². The van der Waals surface area contributed by atoms with Crippen LogP contribution in [-0.2, 0) is 27.1 Å². The summed E-state index contributed by atoms with van der Waals surface area (Å²) in [5.41, 5.74) is -3.46. The summed E-state index contributed by atoms with van der Waals surface area (Å²) in [6, 6.07) is 4.42. The third-order valence-electron chi connectivity index (χ3n) is 5.02. The fourth-order valence-corrected chi connectivity index (χ4v) is 4.17. The van der Waals surface area contributed by atoms with Gasteiger partial charge in [0.05, 0.1) is 24.7 Å². The van der Waals surface area contributed by atoms with Gasteiger partial charge in [0.1, 0.15) is 11.4 Å². The van der Waals surface area contributed by atoms with Gasteiger partial charge in [-0.2, -0.15) is 31.4 Å². The number of nitrogens with one attached hydrogen (secondary N) is 1. The lowest BCUT2D eigenvalue weighted by Gasteiger charge is -2.31. The van der Waals surface area contributed by atoms with Gasteiger partial charge in [-0.05, 0) is 37.6 Å². The normalized spacial score (nSPS) is 20.1. The van der Waals surface area contributed by atoms with E-state index in [1.807, 2.05) is 0 Å². The maximum absolute atomic E-state index is 13.2. The van der Waals surface area contributed by atoms with Gasteiger partial charge in [0, 0.05) is 24.6 Å². The summed E-state index contributed by atoms with van der Waals surface area (Å²) < 4.78 is 116. The molecule has 1 N–H and O–H groups in total. The molecular weight excluding hydrogens is 480 g/mol. The number of benzene rings is 1. The van der Waals surface area contributed by atoms with Crippen LogP contribution in [0.15, 0.2) is 30.3 Å². The van der Waals surface area contributed by atoms with Gasteiger partial charge >= 0.3 is 12.4 Å². The van der Waals surface area contributed by atoms with E-state index in [1.165, 1.54) is 19.1 Å². The predicted octanol–water partition coefficient (Wildman–Crippen LogP) is 3.63. The quantitative estimate of drug-likeness (QED) is 0.586. The second kappa shape index (κ2) is 9.50. The Kier molecular flexibility index (Phi) is 7.29. The summed E-state index contributed by atoms with van der Waals surface area (Å²) in [4.78, 5) is 0. The fraction of sp³-hybridized carbons (Fsp3) is 0.526. The number of aromatic nitrogens is 2. The van der Waals surface area contributed by atoms with Crippen LogP contribution in [0, 0.1) is 5.92 Å². The predicted molar refractivity (Wildman–Crippen MR) is 104 cm³/mol. The molecule has 1 aliphatic heterocycles. The fourth-order valence-electron chi connectivity index (χ4n) is 3.24. The van der Waals surface area contributed by atoms with Gasteiger partial charge in [0.2, 0.25) is 10.0 Å². The van der Waals surface area contributed by atoms with Crippen molar-refractivity contribution in [2.24, 2.45) is 5.92 Å². The van der Waals surface area contributed by atoms with Gasteiger partial charge < -0.3 is 9.47 Å². The first-order valence-electron chi connectivity index (χ1n) is 9.85. The molecule has 2 aromatic rings. The second-order valence-electron chi connectivity index (χ2n) is 7.38. The van der Waals surface area contributed by atoms with Crippen molar-refractivity contribution >= 4 is 10.0 Å². The minimum atomic E-state index is -5.05. The van der Waals surface area contributed by atoms with E-state index in [-0.39, 0.29) is 47.1 Å². The van der Waals surface area contributed by atoms with Crippen molar-refractivity contribution in [3.63, 3.8) is 0 Å². The average molecular weight is 501 g/mol. The van der Waals surface area contributed by atoms with Crippen LogP contribution in [0.5, 0.6) is 5.75 Å². The zero-order valence-corrected chi connectivity index (χ0v) is 18.1. The van der Waals surface area contributed by atoms with E-state index in [9.17, 15) is 34.8 Å². The SMILES string of the molecule is CCS(=O)(=O)N[C@H]1CCOC[C@@H]1COc1ccc(-n2nc(C(F)(F)F)cc2C(F)(F)F)cc1. The van der Waals surface area contributed by atoms with Crippen LogP contribution in [0.25, 0.3) is 5.69 Å². The van der Waals surface area contributed by atoms with Crippen molar-refractivity contribution in [1.82, 2.24) is 14.5 Å². The number of hydrogen-bond donors (Lipinski definition) is 1. The number of alkyl halides is 6. The molecule has 1 aliphatic rings. The van der Waals surface area contributed by atoms with Gasteiger partial charge in [-0.25, -0.2) is 17.8 Å². The molecule has 7 nitrogen and oxygen atoms in total. The van der Waals surface area contributed by atoms with Crippen molar-refractivity contribution in [1.29, 1.82) is 0 Å². The number of nitrogens with zero attached hydrogens (tertiary/aromatic N) is 2. The Morgan fingerprint density at radius 2 is 1.82 bits per heavy atom. The highest BCUT2D eigenvalue weighted by atomic mass is 32.2. The first-order valence-corrected chi connectivity index (χ1v) is 11.5.